The lowest BCUT2D eigenvalue weighted by atomic mass is 10.2. The van der Waals surface area contributed by atoms with Crippen LogP contribution in [0.1, 0.15) is 18.8 Å². The molecule has 8 heteroatoms. The molecule has 1 atom stereocenters. The van der Waals surface area contributed by atoms with Crippen molar-refractivity contribution in [3.63, 3.8) is 0 Å². The van der Waals surface area contributed by atoms with Crippen molar-refractivity contribution < 1.29 is 17.9 Å². The molecule has 1 aliphatic rings. The Hall–Kier alpha value is -2.09. The first-order valence-electron chi connectivity index (χ1n) is 6.47. The Morgan fingerprint density at radius 2 is 1.95 bits per heavy atom. The van der Waals surface area contributed by atoms with Gasteiger partial charge in [0.25, 0.3) is 0 Å². The van der Waals surface area contributed by atoms with Gasteiger partial charge in [-0.15, -0.1) is 23.4 Å². The maximum atomic E-state index is 12.1. The molecule has 1 aromatic heterocycles. The average molecular weight is 298 g/mol. The number of rotatable bonds is 2. The molecule has 0 bridgehead atoms. The molecule has 1 aliphatic heterocycles. The largest absolute Gasteiger partial charge is 0.573 e. The topological polar surface area (TPSA) is 52.0 Å². The Morgan fingerprint density at radius 1 is 1.24 bits per heavy atom. The lowest BCUT2D eigenvalue weighted by molar-refractivity contribution is -0.274. The Kier molecular flexibility index (Phi) is 3.32. The number of fused-ring (bicyclic) bond motifs is 1. The summed E-state index contributed by atoms with van der Waals surface area (Å²) in [4.78, 5) is 0. The monoisotopic (exact) mass is 298 g/mol. The lowest BCUT2D eigenvalue weighted by Gasteiger charge is -2.21. The van der Waals surface area contributed by atoms with Crippen LogP contribution in [0.15, 0.2) is 24.3 Å². The third kappa shape index (κ3) is 2.85. The smallest absolute Gasteiger partial charge is 0.406 e. The van der Waals surface area contributed by atoms with Crippen LogP contribution in [0.2, 0.25) is 0 Å². The second-order valence-electron chi connectivity index (χ2n) is 4.78. The van der Waals surface area contributed by atoms with Gasteiger partial charge in [-0.2, -0.15) is 0 Å². The number of hydrogen-bond acceptors (Lipinski definition) is 4. The molecule has 112 valence electrons. The molecule has 0 amide bonds. The van der Waals surface area contributed by atoms with Crippen molar-refractivity contribution in [2.75, 3.05) is 6.54 Å². The first-order valence-corrected chi connectivity index (χ1v) is 6.47. The van der Waals surface area contributed by atoms with Crippen LogP contribution in [0.4, 0.5) is 13.2 Å². The van der Waals surface area contributed by atoms with Crippen molar-refractivity contribution in [3.8, 4) is 17.1 Å². The third-order valence-corrected chi connectivity index (χ3v) is 3.30. The number of aromatic nitrogens is 3. The number of hydrogen-bond donors (Lipinski definition) is 1. The molecule has 3 rings (SSSR count). The predicted octanol–water partition coefficient (Wildman–Crippen LogP) is 2.51. The molecule has 21 heavy (non-hydrogen) atoms. The second kappa shape index (κ2) is 5.03. The lowest BCUT2D eigenvalue weighted by Crippen LogP contribution is -2.32. The Bertz CT molecular complexity index is 636. The van der Waals surface area contributed by atoms with Gasteiger partial charge in [0.2, 0.25) is 0 Å². The van der Waals surface area contributed by atoms with Crippen molar-refractivity contribution in [1.29, 1.82) is 0 Å². The van der Waals surface area contributed by atoms with Gasteiger partial charge in [-0.05, 0) is 31.2 Å². The van der Waals surface area contributed by atoms with E-state index >= 15 is 0 Å². The van der Waals surface area contributed by atoms with E-state index in [9.17, 15) is 13.2 Å². The predicted molar refractivity (Wildman–Crippen MR) is 68.6 cm³/mol. The van der Waals surface area contributed by atoms with Crippen LogP contribution in [0, 0.1) is 0 Å². The Labute approximate surface area is 118 Å². The van der Waals surface area contributed by atoms with E-state index in [1.807, 2.05) is 11.5 Å². The first-order chi connectivity index (χ1) is 9.94. The number of halogens is 3. The molecule has 0 aliphatic carbocycles. The Morgan fingerprint density at radius 3 is 2.62 bits per heavy atom. The van der Waals surface area contributed by atoms with Gasteiger partial charge < -0.3 is 14.6 Å². The fourth-order valence-electron chi connectivity index (χ4n) is 2.36. The zero-order chi connectivity index (χ0) is 15.0. The molecule has 2 aromatic rings. The summed E-state index contributed by atoms with van der Waals surface area (Å²) in [6.45, 7) is 3.51. The zero-order valence-corrected chi connectivity index (χ0v) is 11.2. The second-order valence-corrected chi connectivity index (χ2v) is 4.78. The van der Waals surface area contributed by atoms with E-state index in [0.29, 0.717) is 11.4 Å². The molecular formula is C13H13F3N4O. The quantitative estimate of drug-likeness (QED) is 0.925. The van der Waals surface area contributed by atoms with Crippen molar-refractivity contribution in [2.24, 2.45) is 0 Å². The van der Waals surface area contributed by atoms with E-state index < -0.39 is 6.36 Å². The van der Waals surface area contributed by atoms with E-state index in [1.165, 1.54) is 12.1 Å². The summed E-state index contributed by atoms with van der Waals surface area (Å²) in [7, 11) is 0. The number of nitrogens with one attached hydrogen (secondary N) is 1. The minimum absolute atomic E-state index is 0.104. The molecule has 0 saturated heterocycles. The molecule has 0 fully saturated rings. The van der Waals surface area contributed by atoms with Crippen molar-refractivity contribution >= 4 is 0 Å². The van der Waals surface area contributed by atoms with E-state index in [4.69, 9.17) is 0 Å². The van der Waals surface area contributed by atoms with Gasteiger partial charge in [-0.25, -0.2) is 0 Å². The average Bonchev–Trinajstić information content (AvgIpc) is 2.83. The van der Waals surface area contributed by atoms with Gasteiger partial charge in [-0.3, -0.25) is 0 Å². The van der Waals surface area contributed by atoms with Crippen LogP contribution in [0.5, 0.6) is 5.75 Å². The molecular weight excluding hydrogens is 285 g/mol. The highest BCUT2D eigenvalue weighted by molar-refractivity contribution is 5.57. The zero-order valence-electron chi connectivity index (χ0n) is 11.2. The van der Waals surface area contributed by atoms with Crippen LogP contribution in [0.25, 0.3) is 11.4 Å². The summed E-state index contributed by atoms with van der Waals surface area (Å²) in [5, 5.41) is 11.5. The molecule has 0 spiro atoms. The van der Waals surface area contributed by atoms with Crippen LogP contribution < -0.4 is 10.1 Å². The summed E-state index contributed by atoms with van der Waals surface area (Å²) in [6, 6.07) is 5.74. The van der Waals surface area contributed by atoms with Crippen LogP contribution in [-0.2, 0) is 6.54 Å². The highest BCUT2D eigenvalue weighted by atomic mass is 19.4. The van der Waals surface area contributed by atoms with Gasteiger partial charge in [0.15, 0.2) is 5.82 Å². The molecule has 0 radical (unpaired) electrons. The van der Waals surface area contributed by atoms with Gasteiger partial charge in [0.05, 0.1) is 6.04 Å². The van der Waals surface area contributed by atoms with E-state index in [0.717, 1.165) is 18.9 Å². The maximum Gasteiger partial charge on any atom is 0.573 e. The fraction of sp³-hybridized carbons (Fsp3) is 0.385. The standard InChI is InChI=1S/C13H13F3N4O/c1-8-11-18-19-12(20(11)7-6-17-8)9-2-4-10(5-3-9)21-13(14,15)16/h2-5,8,17H,6-7H2,1H3. The van der Waals surface area contributed by atoms with E-state index in [1.54, 1.807) is 12.1 Å². The minimum atomic E-state index is -4.68. The van der Waals surface area contributed by atoms with Crippen LogP contribution in [0.3, 0.4) is 0 Å². The maximum absolute atomic E-state index is 12.1. The molecule has 1 unspecified atom stereocenters. The van der Waals surface area contributed by atoms with Crippen molar-refractivity contribution in [3.05, 3.63) is 30.1 Å². The third-order valence-electron chi connectivity index (χ3n) is 3.30. The van der Waals surface area contributed by atoms with Crippen LogP contribution >= 0.6 is 0 Å². The molecule has 2 heterocycles. The highest BCUT2D eigenvalue weighted by Gasteiger charge is 2.31. The SMILES string of the molecule is CC1NCCn2c(-c3ccc(OC(F)(F)F)cc3)nnc21. The summed E-state index contributed by atoms with van der Waals surface area (Å²) < 4.78 is 42.2. The van der Waals surface area contributed by atoms with Gasteiger partial charge in [-0.1, -0.05) is 0 Å². The summed E-state index contributed by atoms with van der Waals surface area (Å²) >= 11 is 0. The molecule has 0 saturated carbocycles. The highest BCUT2D eigenvalue weighted by Crippen LogP contribution is 2.27. The summed E-state index contributed by atoms with van der Waals surface area (Å²) in [6.07, 6.45) is -4.68. The number of nitrogens with zero attached hydrogens (tertiary/aromatic N) is 3. The van der Waals surface area contributed by atoms with Gasteiger partial charge in [0.1, 0.15) is 11.6 Å². The van der Waals surface area contributed by atoms with Crippen molar-refractivity contribution in [1.82, 2.24) is 20.1 Å². The molecule has 1 aromatic carbocycles. The molecule has 1 N–H and O–H groups in total. The fourth-order valence-corrected chi connectivity index (χ4v) is 2.36. The summed E-state index contributed by atoms with van der Waals surface area (Å²) in [5.74, 6) is 1.23. The van der Waals surface area contributed by atoms with Crippen molar-refractivity contribution in [2.45, 2.75) is 25.9 Å². The normalized spacial score (nSPS) is 18.4. The first kappa shape index (κ1) is 13.9. The van der Waals surface area contributed by atoms with Gasteiger partial charge >= 0.3 is 6.36 Å². The Balaban J connectivity index is 1.88. The van der Waals surface area contributed by atoms with E-state index in [-0.39, 0.29) is 11.8 Å². The number of ether oxygens (including phenoxy) is 1. The summed E-state index contributed by atoms with van der Waals surface area (Å²) in [5.41, 5.74) is 0.706. The van der Waals surface area contributed by atoms with Crippen LogP contribution in [-0.4, -0.2) is 27.7 Å². The number of benzene rings is 1. The van der Waals surface area contributed by atoms with Gasteiger partial charge in [0, 0.05) is 18.7 Å². The number of alkyl halides is 3. The molecule has 5 nitrogen and oxygen atoms in total. The minimum Gasteiger partial charge on any atom is -0.406 e. The van der Waals surface area contributed by atoms with E-state index in [2.05, 4.69) is 20.3 Å².